The fraction of sp³-hybridized carbons (Fsp3) is 0.722. The van der Waals surface area contributed by atoms with Gasteiger partial charge in [-0.25, -0.2) is 9.97 Å². The van der Waals surface area contributed by atoms with Gasteiger partial charge in [0.25, 0.3) is 0 Å². The number of hydrogen-bond donors (Lipinski definition) is 3. The molecule has 1 aliphatic heterocycles. The molecule has 2 aromatic rings. The third-order valence-corrected chi connectivity index (χ3v) is 4.85. The van der Waals surface area contributed by atoms with Crippen LogP contribution in [-0.4, -0.2) is 66.4 Å². The molecule has 4 atom stereocenters. The number of unbranched alkanes of at least 4 members (excludes halogenated alkanes) is 5. The van der Waals surface area contributed by atoms with Gasteiger partial charge in [-0.15, -0.1) is 0 Å². The second-order valence-corrected chi connectivity index (χ2v) is 6.85. The number of ether oxygens (including phenoxy) is 2. The van der Waals surface area contributed by atoms with Gasteiger partial charge in [-0.3, -0.25) is 4.57 Å². The maximum Gasteiger partial charge on any atom is 0.245 e. The summed E-state index contributed by atoms with van der Waals surface area (Å²) >= 11 is 0. The van der Waals surface area contributed by atoms with Gasteiger partial charge in [-0.1, -0.05) is 39.0 Å². The summed E-state index contributed by atoms with van der Waals surface area (Å²) in [5.74, 6) is 0.388. The molecule has 1 saturated heterocycles. The Morgan fingerprint density at radius 2 is 1.85 bits per heavy atom. The van der Waals surface area contributed by atoms with Crippen LogP contribution in [-0.2, 0) is 4.74 Å². The molecular formula is C18H28N4O5. The Hall–Kier alpha value is -1.81. The molecule has 0 aromatic carbocycles. The second-order valence-electron chi connectivity index (χ2n) is 6.85. The first-order valence-electron chi connectivity index (χ1n) is 9.60. The van der Waals surface area contributed by atoms with E-state index in [1.165, 1.54) is 42.9 Å². The number of hydrogen-bond acceptors (Lipinski definition) is 8. The molecule has 0 spiro atoms. The Labute approximate surface area is 158 Å². The van der Waals surface area contributed by atoms with E-state index in [1.54, 1.807) is 0 Å². The maximum atomic E-state index is 10.2. The van der Waals surface area contributed by atoms with Gasteiger partial charge in [0.1, 0.15) is 24.6 Å². The second kappa shape index (κ2) is 9.41. The lowest BCUT2D eigenvalue weighted by atomic mass is 10.1. The molecule has 150 valence electrons. The van der Waals surface area contributed by atoms with Crippen molar-refractivity contribution in [1.29, 1.82) is 0 Å². The van der Waals surface area contributed by atoms with E-state index >= 15 is 0 Å². The van der Waals surface area contributed by atoms with Gasteiger partial charge in [0.2, 0.25) is 5.88 Å². The molecule has 3 N–H and O–H groups in total. The summed E-state index contributed by atoms with van der Waals surface area (Å²) in [6, 6.07) is 0. The highest BCUT2D eigenvalue weighted by Crippen LogP contribution is 2.32. The summed E-state index contributed by atoms with van der Waals surface area (Å²) < 4.78 is 12.8. The Kier molecular flexibility index (Phi) is 6.95. The largest absolute Gasteiger partial charge is 0.476 e. The standard InChI is InChI=1S/C18H28N4O5/c1-2-3-4-5-6-7-8-26-17-13-16(19-10-20-17)22(11-21-13)18-15(25)14(24)12(9-23)27-18/h10-12,14-15,18,23-25H,2-9H2,1H3/t12-,14-,15-,18?/m1/s1. The number of imidazole rings is 1. The molecule has 1 aliphatic rings. The normalized spacial score (nSPS) is 25.3. The van der Waals surface area contributed by atoms with E-state index in [4.69, 9.17) is 9.47 Å². The van der Waals surface area contributed by atoms with Crippen LogP contribution in [0, 0.1) is 0 Å². The molecule has 9 nitrogen and oxygen atoms in total. The third-order valence-electron chi connectivity index (χ3n) is 4.85. The van der Waals surface area contributed by atoms with Crippen LogP contribution in [0.1, 0.15) is 51.7 Å². The lowest BCUT2D eigenvalue weighted by Crippen LogP contribution is -2.33. The number of aromatic nitrogens is 4. The van der Waals surface area contributed by atoms with Gasteiger partial charge < -0.3 is 24.8 Å². The zero-order valence-electron chi connectivity index (χ0n) is 15.6. The van der Waals surface area contributed by atoms with Crippen LogP contribution in [0.4, 0.5) is 0 Å². The van der Waals surface area contributed by atoms with E-state index in [2.05, 4.69) is 21.9 Å². The molecule has 0 bridgehead atoms. The minimum Gasteiger partial charge on any atom is -0.476 e. The van der Waals surface area contributed by atoms with Crippen LogP contribution in [0.15, 0.2) is 12.7 Å². The average molecular weight is 380 g/mol. The van der Waals surface area contributed by atoms with Crippen molar-refractivity contribution in [2.24, 2.45) is 0 Å². The first-order valence-corrected chi connectivity index (χ1v) is 9.60. The van der Waals surface area contributed by atoms with Crippen LogP contribution in [0.25, 0.3) is 11.2 Å². The van der Waals surface area contributed by atoms with E-state index < -0.39 is 24.5 Å². The molecule has 9 heteroatoms. The highest BCUT2D eigenvalue weighted by atomic mass is 16.6. The van der Waals surface area contributed by atoms with Crippen LogP contribution < -0.4 is 4.74 Å². The van der Waals surface area contributed by atoms with Crippen molar-refractivity contribution in [2.45, 2.75) is 70.0 Å². The molecule has 2 aromatic heterocycles. The average Bonchev–Trinajstić information content (AvgIpc) is 3.23. The zero-order valence-corrected chi connectivity index (χ0v) is 15.6. The molecule has 1 fully saturated rings. The van der Waals surface area contributed by atoms with Gasteiger partial charge in [0.05, 0.1) is 19.5 Å². The Morgan fingerprint density at radius 1 is 1.07 bits per heavy atom. The van der Waals surface area contributed by atoms with Crippen molar-refractivity contribution >= 4 is 11.2 Å². The van der Waals surface area contributed by atoms with E-state index in [1.807, 2.05) is 0 Å². The van der Waals surface area contributed by atoms with E-state index in [9.17, 15) is 15.3 Å². The van der Waals surface area contributed by atoms with Gasteiger partial charge in [0.15, 0.2) is 17.4 Å². The Morgan fingerprint density at radius 3 is 2.59 bits per heavy atom. The molecular weight excluding hydrogens is 352 g/mol. The molecule has 0 saturated carbocycles. The summed E-state index contributed by atoms with van der Waals surface area (Å²) in [4.78, 5) is 12.7. The predicted octanol–water partition coefficient (Wildman–Crippen LogP) is 1.18. The number of aliphatic hydroxyl groups is 3. The fourth-order valence-electron chi connectivity index (χ4n) is 3.28. The molecule has 0 radical (unpaired) electrons. The SMILES string of the molecule is CCCCCCCCOc1ncnc2c1ncn2C1O[C@H](CO)[C@@H](O)[C@H]1O. The van der Waals surface area contributed by atoms with Crippen molar-refractivity contribution in [1.82, 2.24) is 19.5 Å². The molecule has 1 unspecified atom stereocenters. The fourth-order valence-corrected chi connectivity index (χ4v) is 3.28. The lowest BCUT2D eigenvalue weighted by Gasteiger charge is -2.16. The van der Waals surface area contributed by atoms with Crippen LogP contribution in [0.2, 0.25) is 0 Å². The third kappa shape index (κ3) is 4.37. The van der Waals surface area contributed by atoms with Crippen molar-refractivity contribution in [3.63, 3.8) is 0 Å². The number of nitrogens with zero attached hydrogens (tertiary/aromatic N) is 4. The minimum atomic E-state index is -1.19. The lowest BCUT2D eigenvalue weighted by molar-refractivity contribution is -0.0511. The Balaban J connectivity index is 1.65. The molecule has 0 amide bonds. The summed E-state index contributed by atoms with van der Waals surface area (Å²) in [5, 5.41) is 29.4. The number of aliphatic hydroxyl groups excluding tert-OH is 3. The van der Waals surface area contributed by atoms with Crippen molar-refractivity contribution in [3.8, 4) is 5.88 Å². The van der Waals surface area contributed by atoms with Crippen LogP contribution >= 0.6 is 0 Å². The monoisotopic (exact) mass is 380 g/mol. The number of fused-ring (bicyclic) bond motifs is 1. The topological polar surface area (TPSA) is 123 Å². The van der Waals surface area contributed by atoms with Crippen LogP contribution in [0.5, 0.6) is 5.88 Å². The van der Waals surface area contributed by atoms with Gasteiger partial charge >= 0.3 is 0 Å². The van der Waals surface area contributed by atoms with Crippen molar-refractivity contribution < 1.29 is 24.8 Å². The van der Waals surface area contributed by atoms with Gasteiger partial charge in [-0.05, 0) is 6.42 Å². The first kappa shape index (κ1) is 19.9. The van der Waals surface area contributed by atoms with Crippen molar-refractivity contribution in [3.05, 3.63) is 12.7 Å². The zero-order chi connectivity index (χ0) is 19.2. The highest BCUT2D eigenvalue weighted by Gasteiger charge is 2.44. The highest BCUT2D eigenvalue weighted by molar-refractivity contribution is 5.76. The smallest absolute Gasteiger partial charge is 0.245 e. The van der Waals surface area contributed by atoms with Crippen LogP contribution in [0.3, 0.4) is 0 Å². The van der Waals surface area contributed by atoms with E-state index in [0.717, 1.165) is 12.8 Å². The summed E-state index contributed by atoms with van der Waals surface area (Å²) in [5.41, 5.74) is 0.916. The predicted molar refractivity (Wildman–Crippen MR) is 97.2 cm³/mol. The molecule has 0 aliphatic carbocycles. The quantitative estimate of drug-likeness (QED) is 0.525. The summed E-state index contributed by atoms with van der Waals surface area (Å²) in [7, 11) is 0. The van der Waals surface area contributed by atoms with Crippen molar-refractivity contribution in [2.75, 3.05) is 13.2 Å². The molecule has 27 heavy (non-hydrogen) atoms. The van der Waals surface area contributed by atoms with E-state index in [-0.39, 0.29) is 6.61 Å². The van der Waals surface area contributed by atoms with Gasteiger partial charge in [-0.2, -0.15) is 4.98 Å². The summed E-state index contributed by atoms with van der Waals surface area (Å²) in [6.45, 7) is 2.37. The number of rotatable bonds is 10. The minimum absolute atomic E-state index is 0.386. The maximum absolute atomic E-state index is 10.2. The molecule has 3 heterocycles. The van der Waals surface area contributed by atoms with E-state index in [0.29, 0.717) is 23.7 Å². The first-order chi connectivity index (χ1) is 13.2. The summed E-state index contributed by atoms with van der Waals surface area (Å²) in [6.07, 6.45) is 5.76. The molecule has 3 rings (SSSR count). The van der Waals surface area contributed by atoms with Gasteiger partial charge in [0, 0.05) is 0 Å². The Bertz CT molecular complexity index is 725.